The molecule has 6 nitrogen and oxygen atoms in total. The van der Waals surface area contributed by atoms with Crippen LogP contribution >= 0.6 is 0 Å². The summed E-state index contributed by atoms with van der Waals surface area (Å²) in [4.78, 5) is 23.4. The van der Waals surface area contributed by atoms with Gasteiger partial charge < -0.3 is 4.90 Å². The highest BCUT2D eigenvalue weighted by Crippen LogP contribution is 2.37. The van der Waals surface area contributed by atoms with Crippen molar-refractivity contribution in [3.8, 4) is 0 Å². The number of nitrogens with zero attached hydrogens (tertiary/aromatic N) is 4. The molecule has 1 N–H and O–H groups in total. The van der Waals surface area contributed by atoms with Gasteiger partial charge in [0.25, 0.3) is 5.91 Å². The molecular weight excluding hydrogens is 290 g/mol. The topological polar surface area (TPSA) is 74.8 Å². The van der Waals surface area contributed by atoms with E-state index in [1.807, 2.05) is 11.1 Å². The third-order valence-corrected chi connectivity index (χ3v) is 4.85. The van der Waals surface area contributed by atoms with E-state index in [1.165, 1.54) is 18.4 Å². The van der Waals surface area contributed by atoms with Crippen LogP contribution in [0.3, 0.4) is 0 Å². The molecule has 3 heterocycles. The molecule has 2 aromatic heterocycles. The Hall–Kier alpha value is -2.24. The van der Waals surface area contributed by atoms with E-state index in [0.29, 0.717) is 17.4 Å². The minimum Gasteiger partial charge on any atom is -0.338 e. The fraction of sp³-hybridized carbons (Fsp3) is 0.529. The molecule has 0 spiro atoms. The van der Waals surface area contributed by atoms with Crippen molar-refractivity contribution in [2.24, 2.45) is 0 Å². The Morgan fingerprint density at radius 2 is 1.96 bits per heavy atom. The van der Waals surface area contributed by atoms with Crippen molar-refractivity contribution in [1.29, 1.82) is 0 Å². The maximum absolute atomic E-state index is 12.7. The Kier molecular flexibility index (Phi) is 3.59. The summed E-state index contributed by atoms with van der Waals surface area (Å²) in [6.45, 7) is 3.59. The lowest BCUT2D eigenvalue weighted by Gasteiger charge is -2.32. The van der Waals surface area contributed by atoms with Gasteiger partial charge in [0.1, 0.15) is 5.82 Å². The van der Waals surface area contributed by atoms with Crippen LogP contribution in [0.25, 0.3) is 0 Å². The third-order valence-electron chi connectivity index (χ3n) is 4.85. The fourth-order valence-corrected chi connectivity index (χ4v) is 3.35. The molecule has 2 aliphatic rings. The monoisotopic (exact) mass is 311 g/mol. The maximum atomic E-state index is 12.7. The Morgan fingerprint density at radius 1 is 1.17 bits per heavy atom. The van der Waals surface area contributed by atoms with E-state index in [0.717, 1.165) is 37.4 Å². The quantitative estimate of drug-likeness (QED) is 0.944. The number of aromatic nitrogens is 4. The summed E-state index contributed by atoms with van der Waals surface area (Å²) in [7, 11) is 0. The highest BCUT2D eigenvalue weighted by Gasteiger charge is 2.29. The summed E-state index contributed by atoms with van der Waals surface area (Å²) in [5.74, 6) is 1.77. The molecule has 0 unspecified atom stereocenters. The van der Waals surface area contributed by atoms with Gasteiger partial charge in [0, 0.05) is 43.0 Å². The standard InChI is InChI=1S/C17H21N5O/c1-11-7-20-21-15(11)13-3-2-6-22(10-13)17(23)14-8-18-16(19-9-14)12-4-5-12/h7-9,12-13H,2-6,10H2,1H3,(H,20,21)/t13-/m0/s1. The number of carbonyl (C=O) groups excluding carboxylic acids is 1. The number of amides is 1. The zero-order valence-electron chi connectivity index (χ0n) is 13.3. The molecule has 0 aromatic carbocycles. The number of carbonyl (C=O) groups is 1. The number of rotatable bonds is 3. The highest BCUT2D eigenvalue weighted by molar-refractivity contribution is 5.93. The molecule has 1 amide bonds. The lowest BCUT2D eigenvalue weighted by Crippen LogP contribution is -2.39. The van der Waals surface area contributed by atoms with Crippen molar-refractivity contribution < 1.29 is 4.79 Å². The van der Waals surface area contributed by atoms with Gasteiger partial charge in [-0.25, -0.2) is 9.97 Å². The number of likely N-dealkylation sites (tertiary alicyclic amines) is 1. The minimum atomic E-state index is 0.0363. The molecule has 23 heavy (non-hydrogen) atoms. The summed E-state index contributed by atoms with van der Waals surface area (Å²) in [6.07, 6.45) is 9.66. The Morgan fingerprint density at radius 3 is 2.61 bits per heavy atom. The molecule has 2 aromatic rings. The van der Waals surface area contributed by atoms with Crippen molar-refractivity contribution in [3.05, 3.63) is 41.2 Å². The van der Waals surface area contributed by atoms with Gasteiger partial charge in [-0.05, 0) is 38.2 Å². The number of hydrogen-bond acceptors (Lipinski definition) is 4. The van der Waals surface area contributed by atoms with Gasteiger partial charge in [0.05, 0.1) is 11.8 Å². The lowest BCUT2D eigenvalue weighted by atomic mass is 9.92. The van der Waals surface area contributed by atoms with E-state index in [9.17, 15) is 4.79 Å². The van der Waals surface area contributed by atoms with Crippen LogP contribution in [-0.4, -0.2) is 44.1 Å². The molecule has 0 bridgehead atoms. The van der Waals surface area contributed by atoms with Crippen molar-refractivity contribution in [2.75, 3.05) is 13.1 Å². The minimum absolute atomic E-state index is 0.0363. The predicted octanol–water partition coefficient (Wildman–Crippen LogP) is 2.41. The Balaban J connectivity index is 1.48. The van der Waals surface area contributed by atoms with Gasteiger partial charge in [-0.15, -0.1) is 0 Å². The maximum Gasteiger partial charge on any atom is 0.257 e. The van der Waals surface area contributed by atoms with Crippen molar-refractivity contribution in [1.82, 2.24) is 25.1 Å². The second-order valence-electron chi connectivity index (χ2n) is 6.66. The van der Waals surface area contributed by atoms with Gasteiger partial charge in [-0.1, -0.05) is 0 Å². The highest BCUT2D eigenvalue weighted by atomic mass is 16.2. The van der Waals surface area contributed by atoms with Gasteiger partial charge in [0.2, 0.25) is 0 Å². The van der Waals surface area contributed by atoms with Crippen LogP contribution in [0.5, 0.6) is 0 Å². The van der Waals surface area contributed by atoms with Crippen LogP contribution in [0.2, 0.25) is 0 Å². The van der Waals surface area contributed by atoms with Gasteiger partial charge in [-0.3, -0.25) is 9.89 Å². The molecule has 1 aliphatic carbocycles. The molecule has 6 heteroatoms. The number of H-pyrrole nitrogens is 1. The normalized spacial score (nSPS) is 21.4. The zero-order valence-corrected chi connectivity index (χ0v) is 13.3. The number of aromatic amines is 1. The van der Waals surface area contributed by atoms with Crippen molar-refractivity contribution >= 4 is 5.91 Å². The van der Waals surface area contributed by atoms with Gasteiger partial charge in [-0.2, -0.15) is 5.10 Å². The first-order valence-electron chi connectivity index (χ1n) is 8.33. The molecule has 2 fully saturated rings. The smallest absolute Gasteiger partial charge is 0.257 e. The average Bonchev–Trinajstić information content (AvgIpc) is 3.36. The SMILES string of the molecule is Cc1cn[nH]c1[C@H]1CCCN(C(=O)c2cnc(C3CC3)nc2)C1. The van der Waals surface area contributed by atoms with E-state index in [2.05, 4.69) is 27.1 Å². The summed E-state index contributed by atoms with van der Waals surface area (Å²) in [6, 6.07) is 0. The molecular formula is C17H21N5O. The molecule has 120 valence electrons. The lowest BCUT2D eigenvalue weighted by molar-refractivity contribution is 0.0704. The number of nitrogens with one attached hydrogen (secondary N) is 1. The number of aryl methyl sites for hydroxylation is 1. The molecule has 1 saturated carbocycles. The van der Waals surface area contributed by atoms with Gasteiger partial charge in [0.15, 0.2) is 0 Å². The second kappa shape index (κ2) is 5.76. The van der Waals surface area contributed by atoms with E-state index >= 15 is 0 Å². The van der Waals surface area contributed by atoms with Gasteiger partial charge >= 0.3 is 0 Å². The first-order valence-corrected chi connectivity index (χ1v) is 8.33. The summed E-state index contributed by atoms with van der Waals surface area (Å²) in [5.41, 5.74) is 2.92. The summed E-state index contributed by atoms with van der Waals surface area (Å²) < 4.78 is 0. The number of hydrogen-bond donors (Lipinski definition) is 1. The average molecular weight is 311 g/mol. The van der Waals surface area contributed by atoms with E-state index in [-0.39, 0.29) is 5.91 Å². The van der Waals surface area contributed by atoms with E-state index in [4.69, 9.17) is 0 Å². The van der Waals surface area contributed by atoms with E-state index < -0.39 is 0 Å². The fourth-order valence-electron chi connectivity index (χ4n) is 3.35. The first-order chi connectivity index (χ1) is 11.2. The molecule has 1 atom stereocenters. The predicted molar refractivity (Wildman–Crippen MR) is 85.2 cm³/mol. The molecule has 1 saturated heterocycles. The molecule has 1 aliphatic heterocycles. The van der Waals surface area contributed by atoms with Crippen LogP contribution in [0.1, 0.15) is 65.0 Å². The summed E-state index contributed by atoms with van der Waals surface area (Å²) >= 11 is 0. The van der Waals surface area contributed by atoms with Crippen LogP contribution in [0.4, 0.5) is 0 Å². The van der Waals surface area contributed by atoms with Crippen molar-refractivity contribution in [2.45, 2.75) is 44.4 Å². The molecule has 0 radical (unpaired) electrons. The van der Waals surface area contributed by atoms with Crippen LogP contribution < -0.4 is 0 Å². The zero-order chi connectivity index (χ0) is 15.8. The Bertz CT molecular complexity index is 704. The largest absolute Gasteiger partial charge is 0.338 e. The van der Waals surface area contributed by atoms with Crippen LogP contribution in [-0.2, 0) is 0 Å². The third kappa shape index (κ3) is 2.85. The van der Waals surface area contributed by atoms with Crippen LogP contribution in [0.15, 0.2) is 18.6 Å². The first kappa shape index (κ1) is 14.4. The molecule has 4 rings (SSSR count). The Labute approximate surface area is 135 Å². The summed E-state index contributed by atoms with van der Waals surface area (Å²) in [5, 5.41) is 7.20. The second-order valence-corrected chi connectivity index (χ2v) is 6.66. The van der Waals surface area contributed by atoms with Crippen molar-refractivity contribution in [3.63, 3.8) is 0 Å². The van der Waals surface area contributed by atoms with Crippen LogP contribution in [0, 0.1) is 6.92 Å². The van der Waals surface area contributed by atoms with E-state index in [1.54, 1.807) is 12.4 Å². The number of piperidine rings is 1.